The number of benzene rings is 2. The van der Waals surface area contributed by atoms with E-state index in [-0.39, 0.29) is 11.8 Å². The zero-order valence-corrected chi connectivity index (χ0v) is 15.4. The maximum atomic E-state index is 12.3. The van der Waals surface area contributed by atoms with Crippen LogP contribution >= 0.6 is 23.2 Å². The lowest BCUT2D eigenvalue weighted by Crippen LogP contribution is -2.34. The standard InChI is InChI=1S/C20H19Cl2NO2/c1-15(24)23(13-5-8-16-6-3-2-4-7-16)20(25)12-10-17-9-11-18(21)14-19(17)22/h2-4,6-7,9-12,14H,5,8,13H2,1H3. The van der Waals surface area contributed by atoms with Gasteiger partial charge in [-0.2, -0.15) is 0 Å². The van der Waals surface area contributed by atoms with E-state index in [0.29, 0.717) is 28.6 Å². The highest BCUT2D eigenvalue weighted by atomic mass is 35.5. The van der Waals surface area contributed by atoms with Crippen LogP contribution in [0.25, 0.3) is 6.08 Å². The molecular formula is C20H19Cl2NO2. The fourth-order valence-electron chi connectivity index (χ4n) is 2.40. The van der Waals surface area contributed by atoms with Gasteiger partial charge in [0.25, 0.3) is 5.91 Å². The molecule has 0 heterocycles. The number of hydrogen-bond donors (Lipinski definition) is 0. The first kappa shape index (κ1) is 19.2. The molecule has 0 N–H and O–H groups in total. The number of aryl methyl sites for hydroxylation is 1. The first-order chi connectivity index (χ1) is 12.0. The third-order valence-corrected chi connectivity index (χ3v) is 4.27. The van der Waals surface area contributed by atoms with Crippen molar-refractivity contribution in [1.82, 2.24) is 4.90 Å². The molecule has 5 heteroatoms. The molecule has 0 aromatic heterocycles. The molecule has 0 saturated carbocycles. The van der Waals surface area contributed by atoms with Crippen LogP contribution in [0, 0.1) is 0 Å². The SMILES string of the molecule is CC(=O)N(CCCc1ccccc1)C(=O)C=Cc1ccc(Cl)cc1Cl. The molecule has 0 aliphatic carbocycles. The molecule has 0 atom stereocenters. The zero-order chi connectivity index (χ0) is 18.2. The van der Waals surface area contributed by atoms with Gasteiger partial charge < -0.3 is 0 Å². The summed E-state index contributed by atoms with van der Waals surface area (Å²) >= 11 is 11.9. The Kier molecular flexibility index (Phi) is 7.23. The molecular weight excluding hydrogens is 357 g/mol. The second kappa shape index (κ2) is 9.40. The molecule has 0 unspecified atom stereocenters. The van der Waals surface area contributed by atoms with E-state index in [1.54, 1.807) is 24.3 Å². The summed E-state index contributed by atoms with van der Waals surface area (Å²) in [6, 6.07) is 15.0. The van der Waals surface area contributed by atoms with Crippen LogP contribution in [-0.2, 0) is 16.0 Å². The summed E-state index contributed by atoms with van der Waals surface area (Å²) < 4.78 is 0. The van der Waals surface area contributed by atoms with E-state index in [9.17, 15) is 9.59 Å². The van der Waals surface area contributed by atoms with Gasteiger partial charge in [-0.05, 0) is 42.2 Å². The number of carbonyl (C=O) groups is 2. The Bertz CT molecular complexity index is 773. The molecule has 2 rings (SSSR count). The molecule has 0 spiro atoms. The highest BCUT2D eigenvalue weighted by molar-refractivity contribution is 6.35. The summed E-state index contributed by atoms with van der Waals surface area (Å²) in [5.41, 5.74) is 1.86. The van der Waals surface area contributed by atoms with Crippen molar-refractivity contribution in [1.29, 1.82) is 0 Å². The Morgan fingerprint density at radius 2 is 1.80 bits per heavy atom. The van der Waals surface area contributed by atoms with Gasteiger partial charge in [0.05, 0.1) is 0 Å². The van der Waals surface area contributed by atoms with Crippen LogP contribution in [0.4, 0.5) is 0 Å². The Morgan fingerprint density at radius 1 is 1.08 bits per heavy atom. The third kappa shape index (κ3) is 6.04. The Labute approximate surface area is 157 Å². The summed E-state index contributed by atoms with van der Waals surface area (Å²) in [5.74, 6) is -0.628. The van der Waals surface area contributed by atoms with Gasteiger partial charge in [-0.1, -0.05) is 59.6 Å². The number of imide groups is 1. The minimum Gasteiger partial charge on any atom is -0.279 e. The van der Waals surface area contributed by atoms with E-state index in [2.05, 4.69) is 0 Å². The normalized spacial score (nSPS) is 10.8. The summed E-state index contributed by atoms with van der Waals surface area (Å²) in [6.45, 7) is 1.77. The van der Waals surface area contributed by atoms with E-state index in [0.717, 1.165) is 6.42 Å². The number of halogens is 2. The minimum atomic E-state index is -0.355. The molecule has 0 bridgehead atoms. The highest BCUT2D eigenvalue weighted by Gasteiger charge is 2.15. The average Bonchev–Trinajstić information content (AvgIpc) is 2.58. The third-order valence-electron chi connectivity index (χ3n) is 3.70. The lowest BCUT2D eigenvalue weighted by atomic mass is 10.1. The van der Waals surface area contributed by atoms with Crippen molar-refractivity contribution < 1.29 is 9.59 Å². The van der Waals surface area contributed by atoms with Gasteiger partial charge in [-0.15, -0.1) is 0 Å². The maximum Gasteiger partial charge on any atom is 0.253 e. The topological polar surface area (TPSA) is 37.4 Å². The predicted octanol–water partition coefficient (Wildman–Crippen LogP) is 5.01. The number of rotatable bonds is 6. The second-order valence-corrected chi connectivity index (χ2v) is 6.44. The van der Waals surface area contributed by atoms with Gasteiger partial charge in [0.1, 0.15) is 0 Å². The van der Waals surface area contributed by atoms with Gasteiger partial charge in [0.15, 0.2) is 0 Å². The molecule has 25 heavy (non-hydrogen) atoms. The van der Waals surface area contributed by atoms with Crippen LogP contribution in [0.5, 0.6) is 0 Å². The number of carbonyl (C=O) groups excluding carboxylic acids is 2. The molecule has 2 aromatic rings. The summed E-state index contributed by atoms with van der Waals surface area (Å²) in [5, 5.41) is 0.981. The Morgan fingerprint density at radius 3 is 2.44 bits per heavy atom. The van der Waals surface area contributed by atoms with E-state index in [1.807, 2.05) is 30.3 Å². The molecule has 130 valence electrons. The quantitative estimate of drug-likeness (QED) is 0.665. The van der Waals surface area contributed by atoms with E-state index in [4.69, 9.17) is 23.2 Å². The van der Waals surface area contributed by atoms with Gasteiger partial charge >= 0.3 is 0 Å². The Balaban J connectivity index is 1.97. The molecule has 0 aliphatic heterocycles. The summed E-state index contributed by atoms with van der Waals surface area (Å²) in [7, 11) is 0. The van der Waals surface area contributed by atoms with E-state index >= 15 is 0 Å². The van der Waals surface area contributed by atoms with Gasteiger partial charge in [-0.3, -0.25) is 14.5 Å². The predicted molar refractivity (Wildman–Crippen MR) is 103 cm³/mol. The molecule has 3 nitrogen and oxygen atoms in total. The monoisotopic (exact) mass is 375 g/mol. The zero-order valence-electron chi connectivity index (χ0n) is 13.9. The summed E-state index contributed by atoms with van der Waals surface area (Å²) in [4.78, 5) is 25.3. The first-order valence-electron chi connectivity index (χ1n) is 7.96. The first-order valence-corrected chi connectivity index (χ1v) is 8.72. The molecule has 0 radical (unpaired) electrons. The van der Waals surface area contributed by atoms with E-state index < -0.39 is 0 Å². The second-order valence-electron chi connectivity index (χ2n) is 5.60. The van der Waals surface area contributed by atoms with Gasteiger partial charge in [0.2, 0.25) is 5.91 Å². The van der Waals surface area contributed by atoms with Crippen LogP contribution in [0.3, 0.4) is 0 Å². The van der Waals surface area contributed by atoms with Crippen molar-refractivity contribution >= 4 is 41.1 Å². The number of hydrogen-bond acceptors (Lipinski definition) is 2. The van der Waals surface area contributed by atoms with Crippen molar-refractivity contribution in [3.63, 3.8) is 0 Å². The molecule has 0 saturated heterocycles. The van der Waals surface area contributed by atoms with E-state index in [1.165, 1.54) is 23.5 Å². The van der Waals surface area contributed by atoms with Crippen molar-refractivity contribution in [2.75, 3.05) is 6.54 Å². The highest BCUT2D eigenvalue weighted by Crippen LogP contribution is 2.22. The molecule has 2 aromatic carbocycles. The fraction of sp³-hybridized carbons (Fsp3) is 0.200. The number of amides is 2. The largest absolute Gasteiger partial charge is 0.279 e. The van der Waals surface area contributed by atoms with Crippen LogP contribution < -0.4 is 0 Å². The van der Waals surface area contributed by atoms with Crippen molar-refractivity contribution in [3.8, 4) is 0 Å². The lowest BCUT2D eigenvalue weighted by molar-refractivity contribution is -0.140. The Hall–Kier alpha value is -2.10. The van der Waals surface area contributed by atoms with Gasteiger partial charge in [-0.25, -0.2) is 0 Å². The lowest BCUT2D eigenvalue weighted by Gasteiger charge is -2.17. The van der Waals surface area contributed by atoms with Crippen LogP contribution in [0.2, 0.25) is 10.0 Å². The van der Waals surface area contributed by atoms with Crippen LogP contribution in [0.15, 0.2) is 54.6 Å². The average molecular weight is 376 g/mol. The molecule has 0 fully saturated rings. The van der Waals surface area contributed by atoms with Crippen LogP contribution in [-0.4, -0.2) is 23.3 Å². The van der Waals surface area contributed by atoms with Crippen molar-refractivity contribution in [3.05, 3.63) is 75.8 Å². The molecule has 2 amide bonds. The smallest absolute Gasteiger partial charge is 0.253 e. The maximum absolute atomic E-state index is 12.3. The van der Waals surface area contributed by atoms with Gasteiger partial charge in [0, 0.05) is 29.6 Å². The molecule has 0 aliphatic rings. The van der Waals surface area contributed by atoms with Crippen LogP contribution in [0.1, 0.15) is 24.5 Å². The summed E-state index contributed by atoms with van der Waals surface area (Å²) in [6.07, 6.45) is 4.47. The fourth-order valence-corrected chi connectivity index (χ4v) is 2.87. The van der Waals surface area contributed by atoms with Crippen molar-refractivity contribution in [2.45, 2.75) is 19.8 Å². The minimum absolute atomic E-state index is 0.273. The number of nitrogens with zero attached hydrogens (tertiary/aromatic N) is 1. The van der Waals surface area contributed by atoms with Crippen molar-refractivity contribution in [2.24, 2.45) is 0 Å².